The van der Waals surface area contributed by atoms with E-state index in [0.717, 1.165) is 22.3 Å². The lowest BCUT2D eigenvalue weighted by molar-refractivity contribution is -0.239. The number of methoxy groups -OCH3 is 2. The van der Waals surface area contributed by atoms with Gasteiger partial charge in [0.15, 0.2) is 6.29 Å². The second-order valence-corrected chi connectivity index (χ2v) is 8.42. The van der Waals surface area contributed by atoms with Crippen LogP contribution in [0.2, 0.25) is 0 Å². The molecule has 7 heteroatoms. The van der Waals surface area contributed by atoms with Crippen molar-refractivity contribution in [2.24, 2.45) is 11.8 Å². The van der Waals surface area contributed by atoms with E-state index in [-0.39, 0.29) is 24.3 Å². The van der Waals surface area contributed by atoms with Crippen LogP contribution in [0.4, 0.5) is 0 Å². The fourth-order valence-corrected chi connectivity index (χ4v) is 5.53. The van der Waals surface area contributed by atoms with E-state index in [0.29, 0.717) is 0 Å². The minimum atomic E-state index is -1.15. The van der Waals surface area contributed by atoms with E-state index >= 15 is 0 Å². The predicted molar refractivity (Wildman–Crippen MR) is 115 cm³/mol. The van der Waals surface area contributed by atoms with Crippen molar-refractivity contribution in [3.63, 3.8) is 0 Å². The smallest absolute Gasteiger partial charge is 0.308 e. The van der Waals surface area contributed by atoms with E-state index in [4.69, 9.17) is 14.2 Å². The number of carbonyl (C=O) groups is 2. The molecule has 2 aromatic carbocycles. The number of nitrogens with one attached hydrogen (secondary N) is 1. The summed E-state index contributed by atoms with van der Waals surface area (Å²) in [5, 5.41) is 13.1. The van der Waals surface area contributed by atoms with E-state index in [2.05, 4.69) is 5.32 Å². The normalized spacial score (nSPS) is 31.8. The van der Waals surface area contributed by atoms with Crippen molar-refractivity contribution in [3.05, 3.63) is 82.9 Å². The summed E-state index contributed by atoms with van der Waals surface area (Å²) >= 11 is 0. The largest absolute Gasteiger partial charge is 0.481 e. The van der Waals surface area contributed by atoms with Gasteiger partial charge in [-0.3, -0.25) is 9.59 Å². The van der Waals surface area contributed by atoms with Crippen LogP contribution in [-0.2, 0) is 23.8 Å². The van der Waals surface area contributed by atoms with Crippen LogP contribution >= 0.6 is 0 Å². The van der Waals surface area contributed by atoms with E-state index in [1.807, 2.05) is 48.5 Å². The SMILES string of the molecule is CO[C@@H]1C=C[C@@](CNC(=O)[C@@H]2C3c4ccccc4C(c4ccccc43)[C@@H]2C(=O)O)(OC)O1. The van der Waals surface area contributed by atoms with Gasteiger partial charge >= 0.3 is 5.97 Å². The van der Waals surface area contributed by atoms with Crippen molar-refractivity contribution >= 4 is 11.9 Å². The summed E-state index contributed by atoms with van der Waals surface area (Å²) in [6.45, 7) is 0.0439. The number of carbonyl (C=O) groups excluding carboxylic acids is 1. The first-order chi connectivity index (χ1) is 15.5. The number of carboxylic acids is 1. The second-order valence-electron chi connectivity index (χ2n) is 8.42. The summed E-state index contributed by atoms with van der Waals surface area (Å²) in [7, 11) is 3.01. The lowest BCUT2D eigenvalue weighted by atomic mass is 9.54. The fourth-order valence-electron chi connectivity index (χ4n) is 5.53. The van der Waals surface area contributed by atoms with Gasteiger partial charge in [0.2, 0.25) is 11.7 Å². The Bertz CT molecular complexity index is 1050. The lowest BCUT2D eigenvalue weighted by Crippen LogP contribution is -2.53. The highest BCUT2D eigenvalue weighted by atomic mass is 16.8. The van der Waals surface area contributed by atoms with Crippen molar-refractivity contribution in [2.45, 2.75) is 23.9 Å². The maximum absolute atomic E-state index is 13.5. The molecule has 2 aromatic rings. The molecule has 0 radical (unpaired) electrons. The number of rotatable bonds is 6. The molecule has 2 N–H and O–H groups in total. The zero-order valence-corrected chi connectivity index (χ0v) is 17.9. The van der Waals surface area contributed by atoms with Crippen LogP contribution in [0.15, 0.2) is 60.7 Å². The van der Waals surface area contributed by atoms with Crippen LogP contribution in [0.5, 0.6) is 0 Å². The van der Waals surface area contributed by atoms with Crippen molar-refractivity contribution in [1.29, 1.82) is 0 Å². The molecular formula is C25H25NO6. The number of fused-ring (bicyclic) bond motifs is 1. The lowest BCUT2D eigenvalue weighted by Gasteiger charge is -2.48. The molecule has 0 fully saturated rings. The minimum absolute atomic E-state index is 0.0439. The molecule has 1 amide bonds. The second kappa shape index (κ2) is 7.85. The Labute approximate surface area is 186 Å². The Morgan fingerprint density at radius 2 is 1.50 bits per heavy atom. The van der Waals surface area contributed by atoms with Gasteiger partial charge < -0.3 is 24.6 Å². The molecule has 0 saturated carbocycles. The Hall–Kier alpha value is -3.00. The first-order valence-electron chi connectivity index (χ1n) is 10.6. The van der Waals surface area contributed by atoms with Gasteiger partial charge in [-0.15, -0.1) is 0 Å². The topological polar surface area (TPSA) is 94.1 Å². The number of hydrogen-bond donors (Lipinski definition) is 2. The molecule has 6 rings (SSSR count). The standard InChI is InChI=1S/C25H25NO6/c1-30-18-11-12-25(31-2,32-18)13-26-23(27)21-19-14-7-3-5-9-16(14)20(22(21)24(28)29)17-10-6-4-8-15(17)19/h3-12,18-22H,13H2,1-2H3,(H,26,27)(H,28,29)/t18-,19?,20?,21+,22-,25+/m0/s1. The van der Waals surface area contributed by atoms with Crippen molar-refractivity contribution in [2.75, 3.05) is 20.8 Å². The molecule has 2 bridgehead atoms. The number of ether oxygens (including phenoxy) is 3. The van der Waals surface area contributed by atoms with Gasteiger partial charge in [-0.25, -0.2) is 0 Å². The fraction of sp³-hybridized carbons (Fsp3) is 0.360. The average molecular weight is 435 g/mol. The van der Waals surface area contributed by atoms with Crippen molar-refractivity contribution < 1.29 is 28.9 Å². The van der Waals surface area contributed by atoms with Gasteiger partial charge in [0.1, 0.15) is 0 Å². The number of benzene rings is 2. The van der Waals surface area contributed by atoms with Crippen LogP contribution in [0, 0.1) is 11.8 Å². The molecule has 3 aliphatic carbocycles. The van der Waals surface area contributed by atoms with Crippen LogP contribution < -0.4 is 5.32 Å². The Kier molecular flexibility index (Phi) is 5.12. The highest BCUT2D eigenvalue weighted by Gasteiger charge is 2.55. The predicted octanol–water partition coefficient (Wildman–Crippen LogP) is 2.61. The van der Waals surface area contributed by atoms with E-state index in [1.54, 1.807) is 12.2 Å². The van der Waals surface area contributed by atoms with Gasteiger partial charge in [0.25, 0.3) is 0 Å². The summed E-state index contributed by atoms with van der Waals surface area (Å²) in [5.74, 6) is -4.78. The Morgan fingerprint density at radius 1 is 0.969 bits per heavy atom. The summed E-state index contributed by atoms with van der Waals surface area (Å²) in [6, 6.07) is 15.7. The quantitative estimate of drug-likeness (QED) is 0.678. The molecule has 0 spiro atoms. The molecule has 0 saturated heterocycles. The summed E-state index contributed by atoms with van der Waals surface area (Å²) < 4.78 is 16.4. The first kappa shape index (κ1) is 20.9. The number of amides is 1. The summed E-state index contributed by atoms with van der Waals surface area (Å²) in [5.41, 5.74) is 4.02. The molecule has 0 unspecified atom stereocenters. The van der Waals surface area contributed by atoms with Gasteiger partial charge in [0, 0.05) is 26.1 Å². The zero-order chi connectivity index (χ0) is 22.5. The van der Waals surface area contributed by atoms with Crippen LogP contribution in [0.3, 0.4) is 0 Å². The van der Waals surface area contributed by atoms with Crippen molar-refractivity contribution in [1.82, 2.24) is 5.32 Å². The molecule has 1 heterocycles. The Balaban J connectivity index is 1.50. The van der Waals surface area contributed by atoms with E-state index in [1.165, 1.54) is 14.2 Å². The third-order valence-electron chi connectivity index (χ3n) is 6.94. The first-order valence-corrected chi connectivity index (χ1v) is 10.6. The maximum atomic E-state index is 13.5. The van der Waals surface area contributed by atoms with E-state index < -0.39 is 29.9 Å². The monoisotopic (exact) mass is 435 g/mol. The molecule has 4 atom stereocenters. The molecule has 7 nitrogen and oxygen atoms in total. The van der Waals surface area contributed by atoms with Gasteiger partial charge in [0.05, 0.1) is 18.4 Å². The highest BCUT2D eigenvalue weighted by molar-refractivity contribution is 5.89. The molecule has 1 aliphatic heterocycles. The third kappa shape index (κ3) is 3.08. The van der Waals surface area contributed by atoms with Crippen LogP contribution in [-0.4, -0.2) is 49.8 Å². The van der Waals surface area contributed by atoms with Gasteiger partial charge in [-0.05, 0) is 34.4 Å². The van der Waals surface area contributed by atoms with Gasteiger partial charge in [-0.2, -0.15) is 0 Å². The maximum Gasteiger partial charge on any atom is 0.308 e. The third-order valence-corrected chi connectivity index (χ3v) is 6.94. The summed E-state index contributed by atoms with van der Waals surface area (Å²) in [6.07, 6.45) is 2.85. The summed E-state index contributed by atoms with van der Waals surface area (Å²) in [4.78, 5) is 26.0. The molecule has 32 heavy (non-hydrogen) atoms. The number of carboxylic acid groups (broad SMARTS) is 1. The van der Waals surface area contributed by atoms with Crippen LogP contribution in [0.1, 0.15) is 34.1 Å². The Morgan fingerprint density at radius 3 is 1.94 bits per heavy atom. The minimum Gasteiger partial charge on any atom is -0.481 e. The van der Waals surface area contributed by atoms with Crippen molar-refractivity contribution in [3.8, 4) is 0 Å². The molecule has 166 valence electrons. The van der Waals surface area contributed by atoms with Gasteiger partial charge in [-0.1, -0.05) is 48.5 Å². The van der Waals surface area contributed by atoms with E-state index in [9.17, 15) is 14.7 Å². The highest BCUT2D eigenvalue weighted by Crippen LogP contribution is 2.58. The molecule has 0 aromatic heterocycles. The van der Waals surface area contributed by atoms with Crippen LogP contribution in [0.25, 0.3) is 0 Å². The zero-order valence-electron chi connectivity index (χ0n) is 17.9. The number of aliphatic carboxylic acids is 1. The number of hydrogen-bond acceptors (Lipinski definition) is 5. The molecule has 4 aliphatic rings. The molecular weight excluding hydrogens is 410 g/mol. The average Bonchev–Trinajstić information content (AvgIpc) is 3.26.